The smallest absolute Gasteiger partial charge is 0.256 e. The molecule has 148 valence electrons. The first-order valence-electron chi connectivity index (χ1n) is 10.1. The van der Waals surface area contributed by atoms with Crippen molar-refractivity contribution in [2.45, 2.75) is 60.8 Å². The number of fused-ring (bicyclic) bond motifs is 1. The van der Waals surface area contributed by atoms with Gasteiger partial charge in [0.25, 0.3) is 5.91 Å². The van der Waals surface area contributed by atoms with Crippen molar-refractivity contribution in [1.29, 1.82) is 0 Å². The van der Waals surface area contributed by atoms with Gasteiger partial charge >= 0.3 is 0 Å². The molecule has 27 heavy (non-hydrogen) atoms. The van der Waals surface area contributed by atoms with Gasteiger partial charge in [-0.15, -0.1) is 0 Å². The Kier molecular flexibility index (Phi) is 13.2. The van der Waals surface area contributed by atoms with E-state index in [4.69, 9.17) is 0 Å². The molecule has 1 amide bonds. The predicted molar refractivity (Wildman–Crippen MR) is 121 cm³/mol. The Morgan fingerprint density at radius 3 is 2.22 bits per heavy atom. The third-order valence-electron chi connectivity index (χ3n) is 3.74. The number of allylic oxidation sites excluding steroid dienone is 1. The van der Waals surface area contributed by atoms with Crippen molar-refractivity contribution in [1.82, 2.24) is 4.98 Å². The number of carbonyl (C=O) groups excluding carboxylic acids is 1. The zero-order valence-electron chi connectivity index (χ0n) is 17.9. The van der Waals surface area contributed by atoms with E-state index in [1.54, 1.807) is 0 Å². The number of rotatable bonds is 4. The fraction of sp³-hybridized carbons (Fsp3) is 0.375. The van der Waals surface area contributed by atoms with E-state index in [-0.39, 0.29) is 5.91 Å². The molecule has 0 atom stereocenters. The lowest BCUT2D eigenvalue weighted by atomic mass is 10.1. The molecule has 0 aliphatic carbocycles. The lowest BCUT2D eigenvalue weighted by Crippen LogP contribution is -2.03. The topological polar surface area (TPSA) is 44.9 Å². The number of amides is 1. The Hall–Kier alpha value is -2.55. The summed E-state index contributed by atoms with van der Waals surface area (Å²) in [6, 6.07) is 11.5. The molecule has 3 heteroatoms. The molecule has 0 saturated heterocycles. The minimum atomic E-state index is -0.0456. The van der Waals surface area contributed by atoms with E-state index in [9.17, 15) is 4.79 Å². The highest BCUT2D eigenvalue weighted by Gasteiger charge is 2.23. The molecule has 2 N–H and O–H groups in total. The molecule has 0 unspecified atom stereocenters. The van der Waals surface area contributed by atoms with Crippen molar-refractivity contribution in [3.63, 3.8) is 0 Å². The number of anilines is 1. The first kappa shape index (κ1) is 24.5. The number of hydrogen-bond donors (Lipinski definition) is 2. The van der Waals surface area contributed by atoms with E-state index < -0.39 is 0 Å². The molecule has 1 aromatic carbocycles. The van der Waals surface area contributed by atoms with Crippen LogP contribution in [0.5, 0.6) is 0 Å². The molecule has 2 heterocycles. The molecular weight excluding hydrogens is 332 g/mol. The molecule has 1 aromatic heterocycles. The summed E-state index contributed by atoms with van der Waals surface area (Å²) in [5.41, 5.74) is 4.86. The monoisotopic (exact) mass is 368 g/mol. The van der Waals surface area contributed by atoms with E-state index in [1.807, 2.05) is 76.4 Å². The molecule has 3 nitrogen and oxygen atoms in total. The summed E-state index contributed by atoms with van der Waals surface area (Å²) >= 11 is 0. The summed E-state index contributed by atoms with van der Waals surface area (Å²) in [6.07, 6.45) is 7.29. The Balaban J connectivity index is 0.000000524. The van der Waals surface area contributed by atoms with Crippen LogP contribution >= 0.6 is 0 Å². The maximum atomic E-state index is 11.8. The number of benzene rings is 1. The second kappa shape index (κ2) is 14.6. The van der Waals surface area contributed by atoms with Gasteiger partial charge < -0.3 is 10.3 Å². The van der Waals surface area contributed by atoms with Crippen molar-refractivity contribution in [2.75, 3.05) is 5.32 Å². The van der Waals surface area contributed by atoms with Gasteiger partial charge in [-0.05, 0) is 37.1 Å². The zero-order valence-corrected chi connectivity index (χ0v) is 17.9. The van der Waals surface area contributed by atoms with Gasteiger partial charge in [0, 0.05) is 23.1 Å². The standard InChI is InChI=1S/C13H10N2O.C7H14.2C2H6/c16-13-11(8-9-4-3-7-14-9)10-5-1-2-6-12(10)15-13;1-4-6-7(3)5-2;2*1-2/h1-8,14H,(H,15,16);3-6H2,1-2H3;2*1-2H3. The fourth-order valence-electron chi connectivity index (χ4n) is 2.40. The van der Waals surface area contributed by atoms with E-state index >= 15 is 0 Å². The Morgan fingerprint density at radius 2 is 1.70 bits per heavy atom. The van der Waals surface area contributed by atoms with Crippen LogP contribution in [0.15, 0.2) is 54.7 Å². The molecule has 3 rings (SSSR count). The van der Waals surface area contributed by atoms with Crippen LogP contribution in [0.4, 0.5) is 5.69 Å². The third kappa shape index (κ3) is 8.12. The third-order valence-corrected chi connectivity index (χ3v) is 3.74. The van der Waals surface area contributed by atoms with Gasteiger partial charge in [-0.3, -0.25) is 4.79 Å². The van der Waals surface area contributed by atoms with E-state index in [2.05, 4.69) is 30.7 Å². The first-order valence-corrected chi connectivity index (χ1v) is 10.1. The number of aromatic nitrogens is 1. The summed E-state index contributed by atoms with van der Waals surface area (Å²) in [5, 5.41) is 2.84. The van der Waals surface area contributed by atoms with Gasteiger partial charge in [-0.1, -0.05) is 78.3 Å². The summed E-state index contributed by atoms with van der Waals surface area (Å²) in [7, 11) is 0. The Labute approximate surface area is 165 Å². The fourth-order valence-corrected chi connectivity index (χ4v) is 2.40. The molecule has 2 aromatic rings. The summed E-state index contributed by atoms with van der Waals surface area (Å²) < 4.78 is 0. The minimum Gasteiger partial charge on any atom is -0.362 e. The molecule has 0 bridgehead atoms. The van der Waals surface area contributed by atoms with Crippen LogP contribution < -0.4 is 5.32 Å². The van der Waals surface area contributed by atoms with Crippen molar-refractivity contribution >= 4 is 23.2 Å². The number of aromatic amines is 1. The van der Waals surface area contributed by atoms with Crippen LogP contribution in [0, 0.1) is 0 Å². The van der Waals surface area contributed by atoms with Crippen LogP contribution in [0.3, 0.4) is 0 Å². The maximum Gasteiger partial charge on any atom is 0.256 e. The highest BCUT2D eigenvalue weighted by Crippen LogP contribution is 2.32. The molecule has 0 spiro atoms. The van der Waals surface area contributed by atoms with Crippen molar-refractivity contribution < 1.29 is 4.79 Å². The average Bonchev–Trinajstić information content (AvgIpc) is 3.34. The van der Waals surface area contributed by atoms with Gasteiger partial charge in [0.15, 0.2) is 0 Å². The highest BCUT2D eigenvalue weighted by molar-refractivity contribution is 6.34. The summed E-state index contributed by atoms with van der Waals surface area (Å²) in [6.45, 7) is 16.2. The van der Waals surface area contributed by atoms with Crippen molar-refractivity contribution in [3.8, 4) is 0 Å². The van der Waals surface area contributed by atoms with Gasteiger partial charge in [-0.25, -0.2) is 0 Å². The summed E-state index contributed by atoms with van der Waals surface area (Å²) in [4.78, 5) is 14.8. The normalized spacial score (nSPS) is 12.4. The number of nitrogens with one attached hydrogen (secondary N) is 2. The van der Waals surface area contributed by atoms with Crippen LogP contribution in [0.1, 0.15) is 72.1 Å². The lowest BCUT2D eigenvalue weighted by molar-refractivity contribution is -0.110. The van der Waals surface area contributed by atoms with E-state index in [0.29, 0.717) is 5.57 Å². The Bertz CT molecular complexity index is 697. The first-order chi connectivity index (χ1) is 13.2. The second-order valence-corrected chi connectivity index (χ2v) is 5.54. The number of hydrogen-bond acceptors (Lipinski definition) is 1. The van der Waals surface area contributed by atoms with Gasteiger partial charge in [0.1, 0.15) is 0 Å². The quantitative estimate of drug-likeness (QED) is 0.431. The average molecular weight is 369 g/mol. The van der Waals surface area contributed by atoms with Gasteiger partial charge in [-0.2, -0.15) is 0 Å². The van der Waals surface area contributed by atoms with Crippen LogP contribution in [0.2, 0.25) is 0 Å². The largest absolute Gasteiger partial charge is 0.362 e. The van der Waals surface area contributed by atoms with Crippen LogP contribution in [0.25, 0.3) is 11.6 Å². The molecule has 0 saturated carbocycles. The minimum absolute atomic E-state index is 0.0456. The van der Waals surface area contributed by atoms with Gasteiger partial charge in [0.2, 0.25) is 0 Å². The van der Waals surface area contributed by atoms with E-state index in [0.717, 1.165) is 23.4 Å². The molecule has 1 aliphatic rings. The zero-order chi connectivity index (χ0) is 20.7. The molecule has 0 radical (unpaired) electrons. The second-order valence-electron chi connectivity index (χ2n) is 5.54. The molecular formula is C24H36N2O. The molecule has 0 fully saturated rings. The molecule has 1 aliphatic heterocycles. The number of H-pyrrole nitrogens is 1. The van der Waals surface area contributed by atoms with Crippen LogP contribution in [-0.2, 0) is 4.79 Å². The van der Waals surface area contributed by atoms with Crippen molar-refractivity contribution in [3.05, 3.63) is 66.0 Å². The van der Waals surface area contributed by atoms with Crippen molar-refractivity contribution in [2.24, 2.45) is 0 Å². The van der Waals surface area contributed by atoms with Crippen LogP contribution in [-0.4, -0.2) is 10.9 Å². The number of carbonyl (C=O) groups is 1. The predicted octanol–water partition coefficient (Wildman–Crippen LogP) is 7.31. The number of para-hydroxylation sites is 1. The lowest BCUT2D eigenvalue weighted by Gasteiger charge is -1.95. The van der Waals surface area contributed by atoms with Gasteiger partial charge in [0.05, 0.1) is 5.57 Å². The SMILES string of the molecule is C=C(CC)CCC.CC.CC.O=C1Nc2ccccc2C1=Cc1ccc[nH]1. The highest BCUT2D eigenvalue weighted by atomic mass is 16.2. The summed E-state index contributed by atoms with van der Waals surface area (Å²) in [5.74, 6) is -0.0456. The maximum absolute atomic E-state index is 11.8. The Morgan fingerprint density at radius 1 is 1.04 bits per heavy atom. The van der Waals surface area contributed by atoms with E-state index in [1.165, 1.54) is 18.4 Å².